The van der Waals surface area contributed by atoms with Crippen LogP contribution in [-0.4, -0.2) is 47.6 Å². The zero-order valence-electron chi connectivity index (χ0n) is 10.6. The van der Waals surface area contributed by atoms with E-state index in [1.54, 1.807) is 0 Å². The van der Waals surface area contributed by atoms with Crippen molar-refractivity contribution < 1.29 is 14.7 Å². The Morgan fingerprint density at radius 2 is 2.18 bits per heavy atom. The van der Waals surface area contributed by atoms with Crippen LogP contribution in [0.1, 0.15) is 33.1 Å². The van der Waals surface area contributed by atoms with Gasteiger partial charge in [-0.25, -0.2) is 0 Å². The van der Waals surface area contributed by atoms with Gasteiger partial charge in [-0.1, -0.05) is 6.92 Å². The van der Waals surface area contributed by atoms with E-state index in [0.29, 0.717) is 12.6 Å². The summed E-state index contributed by atoms with van der Waals surface area (Å²) in [6.45, 7) is 5.20. The molecule has 2 unspecified atom stereocenters. The first kappa shape index (κ1) is 14.0. The van der Waals surface area contributed by atoms with Crippen molar-refractivity contribution in [2.24, 2.45) is 5.92 Å². The summed E-state index contributed by atoms with van der Waals surface area (Å²) in [5.74, 6) is -0.950. The minimum Gasteiger partial charge on any atom is -0.480 e. The molecule has 5 nitrogen and oxygen atoms in total. The maximum atomic E-state index is 12.2. The lowest BCUT2D eigenvalue weighted by atomic mass is 9.92. The highest BCUT2D eigenvalue weighted by Crippen LogP contribution is 2.18. The average Bonchev–Trinajstić information content (AvgIpc) is 2.27. The van der Waals surface area contributed by atoms with Gasteiger partial charge in [0.1, 0.15) is 6.54 Å². The highest BCUT2D eigenvalue weighted by Gasteiger charge is 2.28. The average molecular weight is 242 g/mol. The van der Waals surface area contributed by atoms with Crippen molar-refractivity contribution >= 4 is 11.9 Å². The second-order valence-electron chi connectivity index (χ2n) is 4.73. The van der Waals surface area contributed by atoms with Gasteiger partial charge >= 0.3 is 5.97 Å². The molecule has 0 spiro atoms. The third-order valence-corrected chi connectivity index (χ3v) is 3.10. The number of rotatable bonds is 5. The van der Waals surface area contributed by atoms with Gasteiger partial charge in [-0.2, -0.15) is 0 Å². The number of carboxylic acids is 1. The number of carboxylic acid groups (broad SMARTS) is 1. The Morgan fingerprint density at radius 3 is 2.71 bits per heavy atom. The van der Waals surface area contributed by atoms with E-state index >= 15 is 0 Å². The van der Waals surface area contributed by atoms with Crippen LogP contribution in [0.25, 0.3) is 0 Å². The molecule has 0 aromatic rings. The molecule has 1 saturated heterocycles. The van der Waals surface area contributed by atoms with E-state index < -0.39 is 5.97 Å². The fraction of sp³-hybridized carbons (Fsp3) is 0.833. The van der Waals surface area contributed by atoms with Crippen LogP contribution in [0.3, 0.4) is 0 Å². The molecule has 1 aliphatic heterocycles. The molecule has 0 radical (unpaired) electrons. The predicted molar refractivity (Wildman–Crippen MR) is 64.7 cm³/mol. The summed E-state index contributed by atoms with van der Waals surface area (Å²) in [5.41, 5.74) is 0. The van der Waals surface area contributed by atoms with E-state index in [2.05, 4.69) is 12.2 Å². The highest BCUT2D eigenvalue weighted by molar-refractivity contribution is 5.83. The van der Waals surface area contributed by atoms with E-state index in [4.69, 9.17) is 5.11 Å². The number of hydrogen-bond donors (Lipinski definition) is 2. The topological polar surface area (TPSA) is 69.6 Å². The molecule has 98 valence electrons. The largest absolute Gasteiger partial charge is 0.480 e. The summed E-state index contributed by atoms with van der Waals surface area (Å²) < 4.78 is 0. The van der Waals surface area contributed by atoms with Gasteiger partial charge in [0.2, 0.25) is 5.91 Å². The van der Waals surface area contributed by atoms with E-state index in [0.717, 1.165) is 25.8 Å². The number of carbonyl (C=O) groups excluding carboxylic acids is 1. The maximum Gasteiger partial charge on any atom is 0.323 e. The number of amides is 1. The first-order valence-corrected chi connectivity index (χ1v) is 6.28. The van der Waals surface area contributed by atoms with Crippen LogP contribution < -0.4 is 5.32 Å². The van der Waals surface area contributed by atoms with Crippen molar-refractivity contribution in [3.8, 4) is 0 Å². The molecule has 0 aliphatic carbocycles. The maximum absolute atomic E-state index is 12.2. The number of hydrogen-bond acceptors (Lipinski definition) is 3. The lowest BCUT2D eigenvalue weighted by molar-refractivity contribution is -0.146. The van der Waals surface area contributed by atoms with Crippen molar-refractivity contribution in [1.29, 1.82) is 0 Å². The minimum atomic E-state index is -0.936. The molecule has 0 aromatic heterocycles. The van der Waals surface area contributed by atoms with E-state index in [1.807, 2.05) is 6.92 Å². The highest BCUT2D eigenvalue weighted by atomic mass is 16.4. The fourth-order valence-corrected chi connectivity index (χ4v) is 2.31. The first-order valence-electron chi connectivity index (χ1n) is 6.28. The van der Waals surface area contributed by atoms with Gasteiger partial charge in [0.05, 0.1) is 0 Å². The first-order chi connectivity index (χ1) is 8.04. The molecule has 0 bridgehead atoms. The molecule has 2 N–H and O–H groups in total. The van der Waals surface area contributed by atoms with Crippen LogP contribution >= 0.6 is 0 Å². The Labute approximate surface area is 102 Å². The van der Waals surface area contributed by atoms with Gasteiger partial charge in [0.15, 0.2) is 0 Å². The summed E-state index contributed by atoms with van der Waals surface area (Å²) in [7, 11) is 0. The smallest absolute Gasteiger partial charge is 0.323 e. The molecule has 1 heterocycles. The molecule has 1 aliphatic rings. The molecule has 1 fully saturated rings. The van der Waals surface area contributed by atoms with Crippen molar-refractivity contribution in [1.82, 2.24) is 10.2 Å². The molecule has 2 atom stereocenters. The van der Waals surface area contributed by atoms with Gasteiger partial charge in [0.25, 0.3) is 0 Å². The van der Waals surface area contributed by atoms with Crippen LogP contribution in [-0.2, 0) is 9.59 Å². The predicted octanol–water partition coefficient (Wildman–Crippen LogP) is 0.698. The third-order valence-electron chi connectivity index (χ3n) is 3.10. The van der Waals surface area contributed by atoms with Gasteiger partial charge in [-0.15, -0.1) is 0 Å². The van der Waals surface area contributed by atoms with Gasteiger partial charge < -0.3 is 15.3 Å². The summed E-state index contributed by atoms with van der Waals surface area (Å²) in [5, 5.41) is 12.1. The molecule has 0 aromatic carbocycles. The van der Waals surface area contributed by atoms with E-state index in [9.17, 15) is 9.59 Å². The number of aliphatic carboxylic acids is 1. The molecule has 0 saturated carbocycles. The summed E-state index contributed by atoms with van der Waals surface area (Å²) >= 11 is 0. The summed E-state index contributed by atoms with van der Waals surface area (Å²) in [4.78, 5) is 24.4. The molecule has 1 rings (SSSR count). The Bertz CT molecular complexity index is 281. The number of nitrogens with zero attached hydrogens (tertiary/aromatic N) is 1. The van der Waals surface area contributed by atoms with Gasteiger partial charge in [-0.3, -0.25) is 9.59 Å². The molecule has 1 amide bonds. The Hall–Kier alpha value is -1.10. The SMILES string of the molecule is CCCN(CC(=O)O)C(=O)C1CCNC(C)C1. The zero-order chi connectivity index (χ0) is 12.8. The second-order valence-corrected chi connectivity index (χ2v) is 4.73. The minimum absolute atomic E-state index is 0.00241. The van der Waals surface area contributed by atoms with Crippen molar-refractivity contribution in [3.05, 3.63) is 0 Å². The lowest BCUT2D eigenvalue weighted by Gasteiger charge is -2.31. The van der Waals surface area contributed by atoms with E-state index in [-0.39, 0.29) is 18.4 Å². The summed E-state index contributed by atoms with van der Waals surface area (Å²) in [6, 6.07) is 0.339. The third kappa shape index (κ3) is 4.34. The molecular weight excluding hydrogens is 220 g/mol. The van der Waals surface area contributed by atoms with Crippen molar-refractivity contribution in [2.45, 2.75) is 39.2 Å². The quantitative estimate of drug-likeness (QED) is 0.744. The van der Waals surface area contributed by atoms with Gasteiger partial charge in [-0.05, 0) is 32.7 Å². The zero-order valence-corrected chi connectivity index (χ0v) is 10.6. The summed E-state index contributed by atoms with van der Waals surface area (Å²) in [6.07, 6.45) is 2.40. The Morgan fingerprint density at radius 1 is 1.47 bits per heavy atom. The van der Waals surface area contributed by atoms with Crippen LogP contribution in [0.2, 0.25) is 0 Å². The molecule has 5 heteroatoms. The van der Waals surface area contributed by atoms with Crippen LogP contribution in [0.5, 0.6) is 0 Å². The molecular formula is C12H22N2O3. The number of nitrogens with one attached hydrogen (secondary N) is 1. The second kappa shape index (κ2) is 6.59. The monoisotopic (exact) mass is 242 g/mol. The Balaban J connectivity index is 2.59. The molecule has 17 heavy (non-hydrogen) atoms. The fourth-order valence-electron chi connectivity index (χ4n) is 2.31. The number of carbonyl (C=O) groups is 2. The van der Waals surface area contributed by atoms with Crippen LogP contribution in [0.15, 0.2) is 0 Å². The van der Waals surface area contributed by atoms with Gasteiger partial charge in [0, 0.05) is 18.5 Å². The van der Waals surface area contributed by atoms with E-state index in [1.165, 1.54) is 4.90 Å². The van der Waals surface area contributed by atoms with Crippen molar-refractivity contribution in [3.63, 3.8) is 0 Å². The normalized spacial score (nSPS) is 24.4. The Kier molecular flexibility index (Phi) is 5.41. The number of piperidine rings is 1. The van der Waals surface area contributed by atoms with Crippen LogP contribution in [0.4, 0.5) is 0 Å². The lowest BCUT2D eigenvalue weighted by Crippen LogP contribution is -2.45. The van der Waals surface area contributed by atoms with Crippen LogP contribution in [0, 0.1) is 5.92 Å². The standard InChI is InChI=1S/C12H22N2O3/c1-3-6-14(8-11(15)16)12(17)10-4-5-13-9(2)7-10/h9-10,13H,3-8H2,1-2H3,(H,15,16). The van der Waals surface area contributed by atoms with Crippen molar-refractivity contribution in [2.75, 3.05) is 19.6 Å².